The van der Waals surface area contributed by atoms with E-state index in [0.29, 0.717) is 16.5 Å². The second-order valence-electron chi connectivity index (χ2n) is 6.19. The molecule has 0 saturated carbocycles. The predicted octanol–water partition coefficient (Wildman–Crippen LogP) is 3.09. The Hall–Kier alpha value is -3.94. The van der Waals surface area contributed by atoms with Crippen molar-refractivity contribution < 1.29 is 22.5 Å². The van der Waals surface area contributed by atoms with Gasteiger partial charge in [0, 0.05) is 24.3 Å². The van der Waals surface area contributed by atoms with Crippen LogP contribution in [-0.4, -0.2) is 43.3 Å². The maximum absolute atomic E-state index is 12.7. The van der Waals surface area contributed by atoms with Gasteiger partial charge in [-0.15, -0.1) is 21.5 Å². The van der Waals surface area contributed by atoms with Crippen LogP contribution >= 0.6 is 11.3 Å². The summed E-state index contributed by atoms with van der Waals surface area (Å²) in [5, 5.41) is 13.9. The van der Waals surface area contributed by atoms with E-state index in [1.54, 1.807) is 23.1 Å². The number of nitrogens with one attached hydrogen (secondary N) is 1. The van der Waals surface area contributed by atoms with Crippen molar-refractivity contribution in [2.75, 3.05) is 11.9 Å². The van der Waals surface area contributed by atoms with Gasteiger partial charge in [0.2, 0.25) is 5.82 Å². The average Bonchev–Trinajstić information content (AvgIpc) is 3.47. The molecule has 10 nitrogen and oxygen atoms in total. The minimum Gasteiger partial charge on any atom is -0.354 e. The molecular formula is C18H13F3N8O2S. The molecule has 4 rings (SSSR count). The summed E-state index contributed by atoms with van der Waals surface area (Å²) in [6.07, 6.45) is -0.169. The van der Waals surface area contributed by atoms with Gasteiger partial charge in [0.15, 0.2) is 17.3 Å². The van der Waals surface area contributed by atoms with Crippen LogP contribution in [0.15, 0.2) is 47.4 Å². The lowest BCUT2D eigenvalue weighted by atomic mass is 10.3. The highest BCUT2D eigenvalue weighted by molar-refractivity contribution is 7.15. The number of rotatable bonds is 6. The molecular weight excluding hydrogens is 449 g/mol. The molecule has 0 aliphatic rings. The summed E-state index contributed by atoms with van der Waals surface area (Å²) >= 11 is 1.18. The first kappa shape index (κ1) is 21.3. The van der Waals surface area contributed by atoms with E-state index in [0.717, 1.165) is 4.88 Å². The number of carbonyl (C=O) groups excluding carboxylic acids is 1. The lowest BCUT2D eigenvalue weighted by molar-refractivity contribution is -0.159. The van der Waals surface area contributed by atoms with Crippen molar-refractivity contribution in [2.24, 2.45) is 0 Å². The van der Waals surface area contributed by atoms with Gasteiger partial charge in [-0.25, -0.2) is 4.98 Å². The summed E-state index contributed by atoms with van der Waals surface area (Å²) in [4.78, 5) is 26.3. The minimum atomic E-state index is -4.71. The molecule has 4 aromatic rings. The Kier molecular flexibility index (Phi) is 5.77. The Balaban J connectivity index is 1.61. The Morgan fingerprint density at radius 2 is 2.00 bits per heavy atom. The molecule has 0 spiro atoms. The largest absolute Gasteiger partial charge is 0.471 e. The van der Waals surface area contributed by atoms with Gasteiger partial charge in [-0.2, -0.15) is 18.2 Å². The van der Waals surface area contributed by atoms with Crippen LogP contribution in [0, 0.1) is 0 Å². The lowest BCUT2D eigenvalue weighted by Crippen LogP contribution is -2.22. The topological polar surface area (TPSA) is 123 Å². The Morgan fingerprint density at radius 3 is 2.62 bits per heavy atom. The Morgan fingerprint density at radius 1 is 1.16 bits per heavy atom. The monoisotopic (exact) mass is 462 g/mol. The van der Waals surface area contributed by atoms with Crippen LogP contribution in [0.1, 0.15) is 21.3 Å². The van der Waals surface area contributed by atoms with E-state index in [4.69, 9.17) is 0 Å². The third-order valence-electron chi connectivity index (χ3n) is 4.08. The number of hydrogen-bond acceptors (Lipinski definition) is 10. The first-order valence-corrected chi connectivity index (χ1v) is 9.76. The zero-order valence-corrected chi connectivity index (χ0v) is 17.1. The van der Waals surface area contributed by atoms with Crippen molar-refractivity contribution in [3.63, 3.8) is 0 Å². The zero-order valence-electron chi connectivity index (χ0n) is 16.2. The van der Waals surface area contributed by atoms with Crippen LogP contribution in [0.4, 0.5) is 24.8 Å². The summed E-state index contributed by atoms with van der Waals surface area (Å²) in [6.45, 7) is 0.251. The first-order chi connectivity index (χ1) is 15.3. The molecule has 14 heteroatoms. The van der Waals surface area contributed by atoms with Gasteiger partial charge in [-0.3, -0.25) is 9.78 Å². The van der Waals surface area contributed by atoms with E-state index in [-0.39, 0.29) is 24.0 Å². The molecule has 0 unspecified atom stereocenters. The summed E-state index contributed by atoms with van der Waals surface area (Å²) in [5.41, 5.74) is 0.145. The number of aromatic nitrogens is 6. The molecule has 1 amide bonds. The molecule has 0 bridgehead atoms. The fourth-order valence-corrected chi connectivity index (χ4v) is 3.53. The van der Waals surface area contributed by atoms with Crippen LogP contribution in [0.5, 0.6) is 0 Å². The summed E-state index contributed by atoms with van der Waals surface area (Å²) in [7, 11) is 1.49. The summed E-state index contributed by atoms with van der Waals surface area (Å²) in [6, 6.07) is 6.44. The second-order valence-corrected chi connectivity index (χ2v) is 7.36. The molecule has 32 heavy (non-hydrogen) atoms. The van der Waals surface area contributed by atoms with Gasteiger partial charge in [0.1, 0.15) is 0 Å². The maximum Gasteiger partial charge on any atom is 0.471 e. The molecule has 4 aromatic heterocycles. The van der Waals surface area contributed by atoms with Gasteiger partial charge in [0.05, 0.1) is 17.6 Å². The van der Waals surface area contributed by atoms with Crippen molar-refractivity contribution in [3.8, 4) is 10.7 Å². The fraction of sp³-hybridized carbons (Fsp3) is 0.167. The summed E-state index contributed by atoms with van der Waals surface area (Å²) in [5.74, 6) is -1.09. The molecule has 0 fully saturated rings. The molecule has 4 heterocycles. The molecule has 0 aromatic carbocycles. The number of thiophene rings is 1. The molecule has 0 aliphatic heterocycles. The van der Waals surface area contributed by atoms with E-state index >= 15 is 0 Å². The van der Waals surface area contributed by atoms with Gasteiger partial charge >= 0.3 is 12.1 Å². The highest BCUT2D eigenvalue weighted by Gasteiger charge is 2.38. The highest BCUT2D eigenvalue weighted by Crippen LogP contribution is 2.33. The molecule has 0 saturated heterocycles. The smallest absolute Gasteiger partial charge is 0.354 e. The van der Waals surface area contributed by atoms with E-state index in [2.05, 4.69) is 40.1 Å². The number of nitrogens with zero attached hydrogens (tertiary/aromatic N) is 7. The molecule has 164 valence electrons. The van der Waals surface area contributed by atoms with Crippen LogP contribution in [0.2, 0.25) is 0 Å². The molecule has 0 aliphatic carbocycles. The van der Waals surface area contributed by atoms with Crippen molar-refractivity contribution in [2.45, 2.75) is 12.7 Å². The number of hydrogen-bond donors (Lipinski definition) is 1. The number of carbonyl (C=O) groups is 1. The van der Waals surface area contributed by atoms with E-state index in [1.165, 1.54) is 43.0 Å². The zero-order chi connectivity index (χ0) is 22.7. The van der Waals surface area contributed by atoms with Crippen molar-refractivity contribution in [3.05, 3.63) is 59.3 Å². The van der Waals surface area contributed by atoms with Crippen molar-refractivity contribution in [1.82, 2.24) is 35.6 Å². The van der Waals surface area contributed by atoms with E-state index in [1.807, 2.05) is 0 Å². The van der Waals surface area contributed by atoms with E-state index in [9.17, 15) is 18.0 Å². The third-order valence-corrected chi connectivity index (χ3v) is 5.14. The highest BCUT2D eigenvalue weighted by atomic mass is 32.1. The van der Waals surface area contributed by atoms with Gasteiger partial charge < -0.3 is 14.7 Å². The molecule has 0 atom stereocenters. The van der Waals surface area contributed by atoms with Crippen LogP contribution in [-0.2, 0) is 12.7 Å². The number of amides is 1. The van der Waals surface area contributed by atoms with Crippen molar-refractivity contribution in [1.29, 1.82) is 0 Å². The summed E-state index contributed by atoms with van der Waals surface area (Å²) < 4.78 is 42.5. The second kappa shape index (κ2) is 8.66. The Bertz CT molecular complexity index is 1210. The lowest BCUT2D eigenvalue weighted by Gasteiger charge is -2.21. The SMILES string of the molecule is CNC(=O)c1ccc(N(Cc2ccc(-c3noc(C(F)(F)F)n3)s2)c2cnccn2)nn1. The fourth-order valence-electron chi connectivity index (χ4n) is 2.61. The molecule has 0 radical (unpaired) electrons. The first-order valence-electron chi connectivity index (χ1n) is 8.94. The van der Waals surface area contributed by atoms with Crippen LogP contribution in [0.3, 0.4) is 0 Å². The Labute approximate surface area is 182 Å². The number of alkyl halides is 3. The minimum absolute atomic E-state index is 0.145. The number of anilines is 2. The predicted molar refractivity (Wildman–Crippen MR) is 106 cm³/mol. The van der Waals surface area contributed by atoms with Crippen molar-refractivity contribution >= 4 is 28.9 Å². The van der Waals surface area contributed by atoms with Crippen LogP contribution < -0.4 is 10.2 Å². The third kappa shape index (κ3) is 4.54. The van der Waals surface area contributed by atoms with Crippen LogP contribution in [0.25, 0.3) is 10.7 Å². The van der Waals surface area contributed by atoms with E-state index < -0.39 is 12.1 Å². The quantitative estimate of drug-likeness (QED) is 0.460. The van der Waals surface area contributed by atoms with Gasteiger partial charge in [-0.1, -0.05) is 5.16 Å². The van der Waals surface area contributed by atoms with Gasteiger partial charge in [-0.05, 0) is 24.3 Å². The standard InChI is InChI=1S/C18H13F3N8O2S/c1-22-16(30)11-3-5-13(27-26-11)29(14-8-23-6-7-24-14)9-10-2-4-12(32-10)15-25-17(31-28-15)18(19,20)21/h2-8H,9H2,1H3,(H,22,30). The van der Waals surface area contributed by atoms with Gasteiger partial charge in [0.25, 0.3) is 5.91 Å². The molecule has 1 N–H and O–H groups in total. The average molecular weight is 462 g/mol. The maximum atomic E-state index is 12.7. The normalized spacial score (nSPS) is 11.4. The number of halogens is 3.